The molecule has 0 bridgehead atoms. The van der Waals surface area contributed by atoms with Crippen LogP contribution in [0.25, 0.3) is 0 Å². The predicted octanol–water partition coefficient (Wildman–Crippen LogP) is 0.147. The molecule has 2 aliphatic rings. The molecule has 1 aromatic carbocycles. The second-order valence-electron chi connectivity index (χ2n) is 8.77. The van der Waals surface area contributed by atoms with Crippen molar-refractivity contribution in [2.75, 3.05) is 0 Å². The summed E-state index contributed by atoms with van der Waals surface area (Å²) in [5.74, 6) is -1.82. The van der Waals surface area contributed by atoms with Crippen LogP contribution in [0.3, 0.4) is 0 Å². The zero-order valence-electron chi connectivity index (χ0n) is 19.5. The maximum Gasteiger partial charge on any atom is 0.459 e. The molecule has 2 aromatic rings. The Labute approximate surface area is 203 Å². The zero-order valence-corrected chi connectivity index (χ0v) is 20.4. The minimum atomic E-state index is -4.35. The SMILES string of the molecule is CC(C)OC(=O)[C@@H](C)NP(=O)(Oc1ccccc1)OC1[C@H]2O[C@@H](n3cc(F)c(=O)[nH]c3=O)[C@H](N)[C@@]12O. The van der Waals surface area contributed by atoms with E-state index >= 15 is 0 Å². The summed E-state index contributed by atoms with van der Waals surface area (Å²) in [6.07, 6.45) is -3.62. The van der Waals surface area contributed by atoms with Crippen molar-refractivity contribution >= 4 is 13.7 Å². The van der Waals surface area contributed by atoms with Crippen molar-refractivity contribution in [3.63, 3.8) is 0 Å². The van der Waals surface area contributed by atoms with Gasteiger partial charge < -0.3 is 24.8 Å². The van der Waals surface area contributed by atoms with Crippen LogP contribution in [0.5, 0.6) is 5.75 Å². The van der Waals surface area contributed by atoms with Crippen LogP contribution in [0.1, 0.15) is 27.0 Å². The Balaban J connectivity index is 1.54. The fourth-order valence-corrected chi connectivity index (χ4v) is 5.57. The molecule has 5 N–H and O–H groups in total. The molecule has 2 unspecified atom stereocenters. The van der Waals surface area contributed by atoms with Gasteiger partial charge in [0.25, 0.3) is 5.56 Å². The lowest BCUT2D eigenvalue weighted by atomic mass is 10.1. The summed E-state index contributed by atoms with van der Waals surface area (Å²) in [6.45, 7) is 4.69. The Kier molecular flexibility index (Phi) is 6.94. The first kappa shape index (κ1) is 26.2. The first-order chi connectivity index (χ1) is 16.9. The van der Waals surface area contributed by atoms with Crippen LogP contribution in [0.4, 0.5) is 4.39 Å². The van der Waals surface area contributed by atoms with Crippen LogP contribution in [0.2, 0.25) is 0 Å². The standard InChI is InChI=1S/C21H26FN4O9P/c1-10(2)32-19(28)11(3)25-36(31,34-12-7-5-4-6-8-12)35-16-15-21(16,30)14(23)18(33-15)26-9-13(22)17(27)24-20(26)29/h4-11,14-16,18,30H,23H2,1-3H3,(H,25,31)(H,24,27,29)/t11-,14+,15-,16?,18-,21+,36?/m1/s1. The van der Waals surface area contributed by atoms with E-state index in [-0.39, 0.29) is 5.75 Å². The highest BCUT2D eigenvalue weighted by atomic mass is 31.2. The van der Waals surface area contributed by atoms with E-state index in [9.17, 15) is 28.4 Å². The summed E-state index contributed by atoms with van der Waals surface area (Å²) >= 11 is 0. The summed E-state index contributed by atoms with van der Waals surface area (Å²) in [5.41, 5.74) is 1.95. The van der Waals surface area contributed by atoms with Crippen LogP contribution in [-0.2, 0) is 23.4 Å². The van der Waals surface area contributed by atoms with E-state index < -0.39 is 73.0 Å². The molecule has 36 heavy (non-hydrogen) atoms. The number of aromatic amines is 1. The molecule has 1 saturated carbocycles. The number of nitrogens with one attached hydrogen (secondary N) is 2. The number of benzene rings is 1. The van der Waals surface area contributed by atoms with Crippen molar-refractivity contribution in [3.05, 3.63) is 63.2 Å². The molecule has 1 saturated heterocycles. The van der Waals surface area contributed by atoms with Gasteiger partial charge in [0.05, 0.1) is 18.3 Å². The molecule has 2 heterocycles. The molecule has 0 amide bonds. The normalized spacial score (nSPS) is 29.3. The van der Waals surface area contributed by atoms with Crippen molar-refractivity contribution in [2.45, 2.75) is 63.0 Å². The van der Waals surface area contributed by atoms with Crippen LogP contribution < -0.4 is 26.6 Å². The molecule has 1 aliphatic carbocycles. The molecule has 7 atom stereocenters. The molecule has 1 aromatic heterocycles. The van der Waals surface area contributed by atoms with Gasteiger partial charge in [-0.05, 0) is 32.9 Å². The first-order valence-corrected chi connectivity index (χ1v) is 12.6. The number of hydrogen-bond donors (Lipinski definition) is 4. The zero-order chi connectivity index (χ0) is 26.4. The summed E-state index contributed by atoms with van der Waals surface area (Å²) < 4.78 is 50.0. The minimum Gasteiger partial charge on any atom is -0.462 e. The molecule has 13 nitrogen and oxygen atoms in total. The highest BCUT2D eigenvalue weighted by Gasteiger charge is 2.78. The number of para-hydroxylation sites is 1. The Hall–Kier alpha value is -2.87. The summed E-state index contributed by atoms with van der Waals surface area (Å²) in [4.78, 5) is 37.5. The van der Waals surface area contributed by atoms with E-state index in [1.54, 1.807) is 37.0 Å². The van der Waals surface area contributed by atoms with Gasteiger partial charge in [-0.15, -0.1) is 0 Å². The number of hydrogen-bond acceptors (Lipinski definition) is 10. The lowest BCUT2D eigenvalue weighted by Gasteiger charge is -2.27. The fourth-order valence-electron chi connectivity index (χ4n) is 3.85. The molecule has 4 rings (SSSR count). The Morgan fingerprint density at radius 3 is 2.56 bits per heavy atom. The Morgan fingerprint density at radius 1 is 1.31 bits per heavy atom. The van der Waals surface area contributed by atoms with Gasteiger partial charge in [0.2, 0.25) is 5.82 Å². The average molecular weight is 528 g/mol. The molecule has 0 spiro atoms. The highest BCUT2D eigenvalue weighted by molar-refractivity contribution is 7.52. The number of H-pyrrole nitrogens is 1. The number of carbonyl (C=O) groups excluding carboxylic acids is 1. The number of rotatable bonds is 9. The molecular weight excluding hydrogens is 502 g/mol. The number of nitrogens with zero attached hydrogens (tertiary/aromatic N) is 1. The van der Waals surface area contributed by atoms with Crippen molar-refractivity contribution in [1.29, 1.82) is 0 Å². The van der Waals surface area contributed by atoms with Crippen LogP contribution in [0.15, 0.2) is 46.1 Å². The van der Waals surface area contributed by atoms with Crippen LogP contribution in [-0.4, -0.2) is 56.6 Å². The number of halogens is 1. The number of aromatic nitrogens is 2. The van der Waals surface area contributed by atoms with E-state index in [2.05, 4.69) is 5.09 Å². The van der Waals surface area contributed by atoms with Gasteiger partial charge in [-0.2, -0.15) is 9.48 Å². The third-order valence-electron chi connectivity index (χ3n) is 5.68. The molecular formula is C21H26FN4O9P. The second kappa shape index (κ2) is 9.54. The van der Waals surface area contributed by atoms with Gasteiger partial charge in [0.1, 0.15) is 29.6 Å². The summed E-state index contributed by atoms with van der Waals surface area (Å²) in [5, 5.41) is 13.6. The maximum atomic E-state index is 13.7. The highest BCUT2D eigenvalue weighted by Crippen LogP contribution is 2.60. The second-order valence-corrected chi connectivity index (χ2v) is 10.4. The van der Waals surface area contributed by atoms with Gasteiger partial charge in [-0.1, -0.05) is 18.2 Å². The number of fused-ring (bicyclic) bond motifs is 1. The third kappa shape index (κ3) is 4.88. The number of carbonyl (C=O) groups is 1. The predicted molar refractivity (Wildman–Crippen MR) is 121 cm³/mol. The van der Waals surface area contributed by atoms with Crippen LogP contribution in [0, 0.1) is 5.82 Å². The lowest BCUT2D eigenvalue weighted by molar-refractivity contribution is -0.149. The van der Waals surface area contributed by atoms with E-state index in [1.165, 1.54) is 19.1 Å². The van der Waals surface area contributed by atoms with Gasteiger partial charge >= 0.3 is 19.4 Å². The maximum absolute atomic E-state index is 13.7. The van der Waals surface area contributed by atoms with Crippen LogP contribution >= 0.6 is 7.75 Å². The molecule has 196 valence electrons. The van der Waals surface area contributed by atoms with Crippen molar-refractivity contribution < 1.29 is 37.4 Å². The van der Waals surface area contributed by atoms with Crippen molar-refractivity contribution in [3.8, 4) is 5.75 Å². The molecule has 15 heteroatoms. The van der Waals surface area contributed by atoms with Gasteiger partial charge in [0, 0.05) is 0 Å². The van der Waals surface area contributed by atoms with Crippen molar-refractivity contribution in [2.24, 2.45) is 5.73 Å². The molecule has 2 fully saturated rings. The molecule has 0 radical (unpaired) electrons. The number of nitrogens with two attached hydrogens (primary N) is 1. The molecule has 1 aliphatic heterocycles. The number of ether oxygens (including phenoxy) is 2. The Bertz CT molecular complexity index is 1300. The lowest BCUT2D eigenvalue weighted by Crippen LogP contribution is -2.48. The van der Waals surface area contributed by atoms with Gasteiger partial charge in [0.15, 0.2) is 6.23 Å². The summed E-state index contributed by atoms with van der Waals surface area (Å²) in [6, 6.07) is 5.50. The van der Waals surface area contributed by atoms with Gasteiger partial charge in [-0.3, -0.25) is 23.7 Å². The van der Waals surface area contributed by atoms with Crippen molar-refractivity contribution in [1.82, 2.24) is 14.6 Å². The van der Waals surface area contributed by atoms with E-state index in [4.69, 9.17) is 24.3 Å². The Morgan fingerprint density at radius 2 is 1.97 bits per heavy atom. The number of esters is 1. The largest absolute Gasteiger partial charge is 0.462 e. The number of aliphatic hydroxyl groups is 1. The van der Waals surface area contributed by atoms with E-state index in [1.807, 2.05) is 0 Å². The van der Waals surface area contributed by atoms with E-state index in [0.29, 0.717) is 10.8 Å². The first-order valence-electron chi connectivity index (χ1n) is 11.0. The quantitative estimate of drug-likeness (QED) is 0.257. The topological polar surface area (TPSA) is 184 Å². The fraction of sp³-hybridized carbons (Fsp3) is 0.476. The van der Waals surface area contributed by atoms with E-state index in [0.717, 1.165) is 0 Å². The summed E-state index contributed by atoms with van der Waals surface area (Å²) in [7, 11) is -4.35. The van der Waals surface area contributed by atoms with Gasteiger partial charge in [-0.25, -0.2) is 9.36 Å². The monoisotopic (exact) mass is 528 g/mol. The smallest absolute Gasteiger partial charge is 0.459 e. The minimum absolute atomic E-state index is 0.147. The average Bonchev–Trinajstić information content (AvgIpc) is 3.24. The third-order valence-corrected chi connectivity index (χ3v) is 7.34.